The second kappa shape index (κ2) is 13.6. The standard InChI is InChI=1S/C30H38N4O3/c1-2-3-4-5-6-7-8-9-10-15-20-31-30(36)25-21-28(23-16-11-12-17-24(23)29(25)35)37-22-34-27-19-14-13-18-26(27)32-33-34/h11-14,16-19,21,35H,2-10,15,20,22H2,1H3,(H,31,36). The van der Waals surface area contributed by atoms with Crippen molar-refractivity contribution in [2.24, 2.45) is 0 Å². The molecule has 0 atom stereocenters. The third kappa shape index (κ3) is 7.00. The van der Waals surface area contributed by atoms with Crippen molar-refractivity contribution in [3.63, 3.8) is 0 Å². The van der Waals surface area contributed by atoms with E-state index in [1.165, 1.54) is 51.4 Å². The number of nitrogens with zero attached hydrogens (tertiary/aromatic N) is 3. The van der Waals surface area contributed by atoms with Gasteiger partial charge in [-0.15, -0.1) is 5.10 Å². The van der Waals surface area contributed by atoms with E-state index in [1.54, 1.807) is 16.8 Å². The SMILES string of the molecule is CCCCCCCCCCCCNC(=O)c1cc(OCn2nnc3ccccc32)c2ccccc2c1O. The summed E-state index contributed by atoms with van der Waals surface area (Å²) < 4.78 is 7.77. The summed E-state index contributed by atoms with van der Waals surface area (Å²) in [6.07, 6.45) is 12.4. The van der Waals surface area contributed by atoms with Gasteiger partial charge in [-0.25, -0.2) is 4.68 Å². The first-order valence-electron chi connectivity index (χ1n) is 13.6. The summed E-state index contributed by atoms with van der Waals surface area (Å²) in [5.74, 6) is 0.182. The quantitative estimate of drug-likeness (QED) is 0.171. The Balaban J connectivity index is 1.33. The van der Waals surface area contributed by atoms with E-state index in [9.17, 15) is 9.90 Å². The van der Waals surface area contributed by atoms with Gasteiger partial charge in [-0.05, 0) is 24.6 Å². The molecule has 0 saturated heterocycles. The summed E-state index contributed by atoms with van der Waals surface area (Å²) in [4.78, 5) is 13.0. The maximum absolute atomic E-state index is 13.0. The van der Waals surface area contributed by atoms with Gasteiger partial charge in [0.05, 0.1) is 11.1 Å². The summed E-state index contributed by atoms with van der Waals surface area (Å²) >= 11 is 0. The Morgan fingerprint density at radius 3 is 2.30 bits per heavy atom. The van der Waals surface area contributed by atoms with Crippen molar-refractivity contribution >= 4 is 27.7 Å². The van der Waals surface area contributed by atoms with Crippen molar-refractivity contribution in [1.29, 1.82) is 0 Å². The maximum atomic E-state index is 13.0. The number of hydrogen-bond acceptors (Lipinski definition) is 5. The highest BCUT2D eigenvalue weighted by molar-refractivity contribution is 6.05. The number of hydrogen-bond donors (Lipinski definition) is 2. The summed E-state index contributed by atoms with van der Waals surface area (Å²) in [6.45, 7) is 2.97. The summed E-state index contributed by atoms with van der Waals surface area (Å²) in [6, 6.07) is 16.7. The number of amides is 1. The number of phenolic OH excluding ortho intramolecular Hbond substituents is 1. The van der Waals surface area contributed by atoms with Crippen molar-refractivity contribution in [3.05, 3.63) is 60.2 Å². The lowest BCUT2D eigenvalue weighted by Gasteiger charge is -2.14. The Morgan fingerprint density at radius 1 is 0.892 bits per heavy atom. The molecule has 3 aromatic carbocycles. The molecule has 0 saturated carbocycles. The van der Waals surface area contributed by atoms with Crippen LogP contribution in [0.2, 0.25) is 0 Å². The van der Waals surface area contributed by atoms with Crippen LogP contribution in [0.25, 0.3) is 21.8 Å². The molecule has 0 spiro atoms. The highest BCUT2D eigenvalue weighted by Gasteiger charge is 2.18. The lowest BCUT2D eigenvalue weighted by atomic mass is 10.0. The van der Waals surface area contributed by atoms with Crippen LogP contribution in [-0.2, 0) is 6.73 Å². The van der Waals surface area contributed by atoms with Crippen molar-refractivity contribution in [3.8, 4) is 11.5 Å². The molecular formula is C30H38N4O3. The van der Waals surface area contributed by atoms with Crippen LogP contribution >= 0.6 is 0 Å². The zero-order chi connectivity index (χ0) is 25.9. The van der Waals surface area contributed by atoms with Crippen molar-refractivity contribution in [2.45, 2.75) is 77.9 Å². The Labute approximate surface area is 218 Å². The predicted octanol–water partition coefficient (Wildman–Crippen LogP) is 6.98. The van der Waals surface area contributed by atoms with Gasteiger partial charge in [-0.3, -0.25) is 4.79 Å². The maximum Gasteiger partial charge on any atom is 0.255 e. The smallest absolute Gasteiger partial charge is 0.255 e. The molecule has 7 heteroatoms. The molecule has 2 N–H and O–H groups in total. The van der Waals surface area contributed by atoms with Crippen LogP contribution in [0.4, 0.5) is 0 Å². The largest absolute Gasteiger partial charge is 0.506 e. The number of fused-ring (bicyclic) bond motifs is 2. The molecule has 0 fully saturated rings. The number of phenols is 1. The third-order valence-electron chi connectivity index (χ3n) is 6.80. The molecule has 1 amide bonds. The average Bonchev–Trinajstić information content (AvgIpc) is 3.34. The number of rotatable bonds is 15. The van der Waals surface area contributed by atoms with Crippen LogP contribution in [0, 0.1) is 0 Å². The van der Waals surface area contributed by atoms with Gasteiger partial charge in [-0.2, -0.15) is 0 Å². The Hall–Kier alpha value is -3.61. The van der Waals surface area contributed by atoms with Crippen LogP contribution in [-0.4, -0.2) is 32.6 Å². The van der Waals surface area contributed by atoms with E-state index in [0.29, 0.717) is 17.7 Å². The topological polar surface area (TPSA) is 89.3 Å². The van der Waals surface area contributed by atoms with Crippen LogP contribution in [0.5, 0.6) is 11.5 Å². The third-order valence-corrected chi connectivity index (χ3v) is 6.80. The molecule has 1 aromatic heterocycles. The van der Waals surface area contributed by atoms with Crippen LogP contribution in [0.3, 0.4) is 0 Å². The minimum Gasteiger partial charge on any atom is -0.506 e. The lowest BCUT2D eigenvalue weighted by Crippen LogP contribution is -2.24. The summed E-state index contributed by atoms with van der Waals surface area (Å²) in [5.41, 5.74) is 1.86. The number of nitrogens with one attached hydrogen (secondary N) is 1. The fourth-order valence-corrected chi connectivity index (χ4v) is 4.67. The van der Waals surface area contributed by atoms with E-state index in [4.69, 9.17) is 4.74 Å². The van der Waals surface area contributed by atoms with Gasteiger partial charge in [0, 0.05) is 17.3 Å². The van der Waals surface area contributed by atoms with Gasteiger partial charge < -0.3 is 15.2 Å². The zero-order valence-corrected chi connectivity index (χ0v) is 21.8. The van der Waals surface area contributed by atoms with Crippen LogP contribution in [0.1, 0.15) is 81.5 Å². The Morgan fingerprint density at radius 2 is 1.54 bits per heavy atom. The minimum atomic E-state index is -0.296. The number of carbonyl (C=O) groups excluding carboxylic acids is 1. The summed E-state index contributed by atoms with van der Waals surface area (Å²) in [5, 5.41) is 23.5. The number of aromatic nitrogens is 3. The number of unbranched alkanes of at least 4 members (excludes halogenated alkanes) is 9. The second-order valence-electron chi connectivity index (χ2n) is 9.61. The van der Waals surface area contributed by atoms with E-state index >= 15 is 0 Å². The van der Waals surface area contributed by atoms with E-state index in [-0.39, 0.29) is 24.0 Å². The fourth-order valence-electron chi connectivity index (χ4n) is 4.67. The number of carbonyl (C=O) groups is 1. The number of aromatic hydroxyl groups is 1. The molecule has 4 aromatic rings. The van der Waals surface area contributed by atoms with Crippen molar-refractivity contribution in [1.82, 2.24) is 20.3 Å². The predicted molar refractivity (Wildman–Crippen MR) is 148 cm³/mol. The van der Waals surface area contributed by atoms with E-state index in [2.05, 4.69) is 22.6 Å². The number of para-hydroxylation sites is 1. The molecule has 37 heavy (non-hydrogen) atoms. The first-order valence-corrected chi connectivity index (χ1v) is 13.6. The van der Waals surface area contributed by atoms with E-state index in [1.807, 2.05) is 42.5 Å². The fraction of sp³-hybridized carbons (Fsp3) is 0.433. The molecular weight excluding hydrogens is 464 g/mol. The van der Waals surface area contributed by atoms with Gasteiger partial charge in [-0.1, -0.05) is 106 Å². The Kier molecular flexibility index (Phi) is 9.74. The van der Waals surface area contributed by atoms with Crippen molar-refractivity contribution < 1.29 is 14.6 Å². The normalized spacial score (nSPS) is 11.3. The van der Waals surface area contributed by atoms with Gasteiger partial charge in [0.15, 0.2) is 6.73 Å². The molecule has 1 heterocycles. The molecule has 196 valence electrons. The van der Waals surface area contributed by atoms with Gasteiger partial charge in [0.1, 0.15) is 17.0 Å². The lowest BCUT2D eigenvalue weighted by molar-refractivity contribution is 0.0950. The molecule has 0 aliphatic heterocycles. The van der Waals surface area contributed by atoms with Gasteiger partial charge in [0.25, 0.3) is 5.91 Å². The Bertz CT molecular complexity index is 1300. The molecule has 4 rings (SSSR count). The summed E-state index contributed by atoms with van der Waals surface area (Å²) in [7, 11) is 0. The van der Waals surface area contributed by atoms with Crippen LogP contribution in [0.15, 0.2) is 54.6 Å². The molecule has 0 unspecified atom stereocenters. The van der Waals surface area contributed by atoms with Crippen molar-refractivity contribution in [2.75, 3.05) is 6.54 Å². The van der Waals surface area contributed by atoms with Gasteiger partial charge >= 0.3 is 0 Å². The zero-order valence-electron chi connectivity index (χ0n) is 21.8. The van der Waals surface area contributed by atoms with Gasteiger partial charge in [0.2, 0.25) is 0 Å². The highest BCUT2D eigenvalue weighted by atomic mass is 16.5. The number of benzene rings is 3. The number of ether oxygens (including phenoxy) is 1. The molecule has 0 aliphatic carbocycles. The molecule has 0 bridgehead atoms. The van der Waals surface area contributed by atoms with E-state index < -0.39 is 0 Å². The second-order valence-corrected chi connectivity index (χ2v) is 9.61. The van der Waals surface area contributed by atoms with E-state index in [0.717, 1.165) is 29.3 Å². The van der Waals surface area contributed by atoms with Crippen LogP contribution < -0.4 is 10.1 Å². The molecule has 0 aliphatic rings. The monoisotopic (exact) mass is 502 g/mol. The average molecular weight is 503 g/mol. The first-order chi connectivity index (χ1) is 18.2. The minimum absolute atomic E-state index is 0.0327. The highest BCUT2D eigenvalue weighted by Crippen LogP contribution is 2.36. The first kappa shape index (κ1) is 26.5. The molecule has 0 radical (unpaired) electrons. The molecule has 7 nitrogen and oxygen atoms in total.